The van der Waals surface area contributed by atoms with Crippen LogP contribution in [0.1, 0.15) is 24.5 Å². The molecule has 0 saturated heterocycles. The van der Waals surface area contributed by atoms with Gasteiger partial charge in [-0.1, -0.05) is 12.1 Å². The Morgan fingerprint density at radius 3 is 2.71 bits per heavy atom. The van der Waals surface area contributed by atoms with Gasteiger partial charge in [0.15, 0.2) is 0 Å². The zero-order valence-electron chi connectivity index (χ0n) is 17.1. The third-order valence-electron chi connectivity index (χ3n) is 4.51. The molecule has 8 nitrogen and oxygen atoms in total. The molecule has 0 spiro atoms. The van der Waals surface area contributed by atoms with Gasteiger partial charge in [0.1, 0.15) is 17.3 Å². The molecule has 1 N–H and O–H groups in total. The summed E-state index contributed by atoms with van der Waals surface area (Å²) >= 11 is 0. The normalized spacial score (nSPS) is 12.5. The number of aryl methyl sites for hydroxylation is 2. The second kappa shape index (κ2) is 9.11. The first-order valence-corrected chi connectivity index (χ1v) is 9.43. The number of nitrogens with one attached hydrogen (secondary N) is 1. The van der Waals surface area contributed by atoms with Crippen LogP contribution in [-0.2, 0) is 22.3 Å². The molecule has 11 heteroatoms. The Bertz CT molecular complexity index is 1070. The molecule has 3 rings (SSSR count). The fourth-order valence-corrected chi connectivity index (χ4v) is 2.84. The number of alkyl halides is 3. The fraction of sp³-hybridized carbons (Fsp3) is 0.350. The minimum absolute atomic E-state index is 0.0272. The van der Waals surface area contributed by atoms with Crippen LogP contribution >= 0.6 is 0 Å². The van der Waals surface area contributed by atoms with Gasteiger partial charge in [-0.3, -0.25) is 9.48 Å². The van der Waals surface area contributed by atoms with Crippen LogP contribution in [0.25, 0.3) is 11.4 Å². The topological polar surface area (TPSA) is 94.8 Å². The van der Waals surface area contributed by atoms with E-state index in [0.717, 1.165) is 23.9 Å². The molecule has 0 saturated carbocycles. The lowest BCUT2D eigenvalue weighted by molar-refractivity contribution is -0.145. The standard InChI is InChI=1S/C20H21F3N6O2/c1-12-8-15(16-11-29(28-27-16)7-5-13(2)19(30)31-3)25-18(9-12)26-17-10-14(4-6-24-17)20(21,22)23/h4,6,8-11,13H,5,7H2,1-3H3,(H,24,25,26). The van der Waals surface area contributed by atoms with Crippen molar-refractivity contribution in [3.63, 3.8) is 0 Å². The number of methoxy groups -OCH3 is 1. The summed E-state index contributed by atoms with van der Waals surface area (Å²) in [4.78, 5) is 19.9. The minimum Gasteiger partial charge on any atom is -0.469 e. The lowest BCUT2D eigenvalue weighted by Gasteiger charge is -2.10. The highest BCUT2D eigenvalue weighted by Gasteiger charge is 2.30. The predicted octanol–water partition coefficient (Wildman–Crippen LogP) is 4.01. The summed E-state index contributed by atoms with van der Waals surface area (Å²) in [6.45, 7) is 4.07. The van der Waals surface area contributed by atoms with E-state index < -0.39 is 11.7 Å². The van der Waals surface area contributed by atoms with Crippen LogP contribution in [0.5, 0.6) is 0 Å². The number of carbonyl (C=O) groups excluding carboxylic acids is 1. The van der Waals surface area contributed by atoms with Crippen LogP contribution < -0.4 is 5.32 Å². The number of carbonyl (C=O) groups is 1. The van der Waals surface area contributed by atoms with Gasteiger partial charge in [-0.05, 0) is 43.2 Å². The van der Waals surface area contributed by atoms with Gasteiger partial charge in [-0.25, -0.2) is 9.97 Å². The number of anilines is 2. The Morgan fingerprint density at radius 2 is 2.00 bits per heavy atom. The lowest BCUT2D eigenvalue weighted by Crippen LogP contribution is -2.15. The number of ether oxygens (including phenoxy) is 1. The SMILES string of the molecule is COC(=O)C(C)CCn1cc(-c2cc(C)cc(Nc3cc(C(F)(F)F)ccn3)n2)nn1. The van der Waals surface area contributed by atoms with Gasteiger partial charge >= 0.3 is 12.1 Å². The van der Waals surface area contributed by atoms with Crippen molar-refractivity contribution in [1.29, 1.82) is 0 Å². The molecule has 164 valence electrons. The van der Waals surface area contributed by atoms with Gasteiger partial charge in [0.2, 0.25) is 0 Å². The Balaban J connectivity index is 1.76. The van der Waals surface area contributed by atoms with E-state index >= 15 is 0 Å². The van der Waals surface area contributed by atoms with Gasteiger partial charge in [0.25, 0.3) is 0 Å². The maximum absolute atomic E-state index is 12.9. The molecule has 3 heterocycles. The van der Waals surface area contributed by atoms with Crippen LogP contribution in [0.4, 0.5) is 24.8 Å². The van der Waals surface area contributed by atoms with Crippen LogP contribution in [0.2, 0.25) is 0 Å². The molecule has 0 radical (unpaired) electrons. The monoisotopic (exact) mass is 434 g/mol. The largest absolute Gasteiger partial charge is 0.469 e. The maximum Gasteiger partial charge on any atom is 0.416 e. The van der Waals surface area contributed by atoms with Crippen molar-refractivity contribution in [1.82, 2.24) is 25.0 Å². The highest BCUT2D eigenvalue weighted by atomic mass is 19.4. The molecule has 1 atom stereocenters. The molecule has 31 heavy (non-hydrogen) atoms. The third-order valence-corrected chi connectivity index (χ3v) is 4.51. The number of halogens is 3. The molecular formula is C20H21F3N6O2. The summed E-state index contributed by atoms with van der Waals surface area (Å²) in [6, 6.07) is 5.30. The molecule has 1 unspecified atom stereocenters. The Kier molecular flexibility index (Phi) is 6.52. The number of hydrogen-bond donors (Lipinski definition) is 1. The second-order valence-corrected chi connectivity index (χ2v) is 7.05. The van der Waals surface area contributed by atoms with Crippen molar-refractivity contribution in [2.45, 2.75) is 33.0 Å². The summed E-state index contributed by atoms with van der Waals surface area (Å²) in [5, 5.41) is 11.0. The maximum atomic E-state index is 12.9. The quantitative estimate of drug-likeness (QED) is 0.562. The van der Waals surface area contributed by atoms with E-state index in [1.165, 1.54) is 7.11 Å². The molecule has 3 aromatic heterocycles. The Morgan fingerprint density at radius 1 is 1.23 bits per heavy atom. The van der Waals surface area contributed by atoms with E-state index in [0.29, 0.717) is 30.2 Å². The number of hydrogen-bond acceptors (Lipinski definition) is 7. The minimum atomic E-state index is -4.46. The average Bonchev–Trinajstić information content (AvgIpc) is 3.19. The summed E-state index contributed by atoms with van der Waals surface area (Å²) in [7, 11) is 1.34. The molecule has 0 bridgehead atoms. The van der Waals surface area contributed by atoms with Gasteiger partial charge in [-0.2, -0.15) is 13.2 Å². The molecule has 0 fully saturated rings. The van der Waals surface area contributed by atoms with Gasteiger partial charge in [0, 0.05) is 12.7 Å². The number of pyridine rings is 2. The Hall–Kier alpha value is -3.50. The second-order valence-electron chi connectivity index (χ2n) is 7.05. The summed E-state index contributed by atoms with van der Waals surface area (Å²) in [5.41, 5.74) is 1.02. The zero-order chi connectivity index (χ0) is 22.6. The first-order valence-electron chi connectivity index (χ1n) is 9.43. The number of aromatic nitrogens is 5. The number of nitrogens with zero attached hydrogens (tertiary/aromatic N) is 5. The summed E-state index contributed by atoms with van der Waals surface area (Å²) in [5.74, 6) is -0.208. The highest BCUT2D eigenvalue weighted by molar-refractivity contribution is 5.71. The first-order chi connectivity index (χ1) is 14.7. The van der Waals surface area contributed by atoms with E-state index in [1.807, 2.05) is 6.92 Å². The smallest absolute Gasteiger partial charge is 0.416 e. The third kappa shape index (κ3) is 5.77. The van der Waals surface area contributed by atoms with Crippen LogP contribution in [0.3, 0.4) is 0 Å². The summed E-state index contributed by atoms with van der Waals surface area (Å²) in [6.07, 6.45) is -1.15. The molecule has 0 aromatic carbocycles. The van der Waals surface area contributed by atoms with E-state index in [1.54, 1.807) is 29.9 Å². The molecule has 0 aliphatic rings. The summed E-state index contributed by atoms with van der Waals surface area (Å²) < 4.78 is 45.1. The first kappa shape index (κ1) is 22.2. The van der Waals surface area contributed by atoms with Crippen LogP contribution in [-0.4, -0.2) is 38.0 Å². The molecule has 0 aliphatic carbocycles. The predicted molar refractivity (Wildman–Crippen MR) is 106 cm³/mol. The van der Waals surface area contributed by atoms with Gasteiger partial charge in [-0.15, -0.1) is 5.10 Å². The molecule has 3 aromatic rings. The average molecular weight is 434 g/mol. The van der Waals surface area contributed by atoms with E-state index in [4.69, 9.17) is 4.74 Å². The van der Waals surface area contributed by atoms with Crippen LogP contribution in [0.15, 0.2) is 36.7 Å². The van der Waals surface area contributed by atoms with Crippen molar-refractivity contribution in [3.8, 4) is 11.4 Å². The van der Waals surface area contributed by atoms with Crippen molar-refractivity contribution in [3.05, 3.63) is 47.8 Å². The Labute approximate surface area is 176 Å². The molecule has 0 amide bonds. The van der Waals surface area contributed by atoms with Gasteiger partial charge in [0.05, 0.1) is 30.5 Å². The van der Waals surface area contributed by atoms with Gasteiger partial charge < -0.3 is 10.1 Å². The fourth-order valence-electron chi connectivity index (χ4n) is 2.84. The van der Waals surface area contributed by atoms with E-state index in [-0.39, 0.29) is 17.7 Å². The lowest BCUT2D eigenvalue weighted by atomic mass is 10.1. The molecule has 0 aliphatic heterocycles. The van der Waals surface area contributed by atoms with Crippen molar-refractivity contribution in [2.75, 3.05) is 12.4 Å². The van der Waals surface area contributed by atoms with Crippen molar-refractivity contribution >= 4 is 17.6 Å². The van der Waals surface area contributed by atoms with E-state index in [2.05, 4.69) is 25.6 Å². The van der Waals surface area contributed by atoms with E-state index in [9.17, 15) is 18.0 Å². The number of esters is 1. The number of rotatable bonds is 7. The highest BCUT2D eigenvalue weighted by Crippen LogP contribution is 2.30. The van der Waals surface area contributed by atoms with Crippen molar-refractivity contribution in [2.24, 2.45) is 5.92 Å². The molecular weight excluding hydrogens is 413 g/mol. The van der Waals surface area contributed by atoms with Crippen molar-refractivity contribution < 1.29 is 22.7 Å². The zero-order valence-corrected chi connectivity index (χ0v) is 17.1. The van der Waals surface area contributed by atoms with Crippen LogP contribution in [0, 0.1) is 12.8 Å².